The van der Waals surface area contributed by atoms with Crippen LogP contribution in [0, 0.1) is 0 Å². The number of hydrogen-bond donors (Lipinski definition) is 3. The van der Waals surface area contributed by atoms with Crippen LogP contribution in [-0.2, 0) is 14.3 Å². The standard InChI is InChI=1S/C70H133NO5/c1-3-5-7-9-11-13-15-16-17-18-19-20-21-22-24-27-30-33-36-39-43-46-50-54-58-62-68(73)67(66-72)71-69(74)63-59-55-51-47-44-40-37-34-31-28-25-23-26-29-32-35-38-41-45-49-53-57-61-65-76-70(75)64-60-56-52-48-42-14-12-10-8-6-4-2/h23,26,28,31,58,62,67-68,72-73H,3-22,24-25,27,29-30,32-57,59-61,63-66H2,1-2H3,(H,71,74)/b26-23-,31-28-,62-58+. The molecule has 6 nitrogen and oxygen atoms in total. The summed E-state index contributed by atoms with van der Waals surface area (Å²) in [6.07, 6.45) is 83.5. The van der Waals surface area contributed by atoms with Crippen LogP contribution in [-0.4, -0.2) is 47.4 Å². The summed E-state index contributed by atoms with van der Waals surface area (Å²) in [5.74, 6) is -0.0681. The Labute approximate surface area is 474 Å². The highest BCUT2D eigenvalue weighted by molar-refractivity contribution is 5.76. The maximum Gasteiger partial charge on any atom is 0.305 e. The molecular weight excluding hydrogens is 935 g/mol. The van der Waals surface area contributed by atoms with Crippen LogP contribution < -0.4 is 5.32 Å². The maximum atomic E-state index is 12.5. The molecule has 0 aromatic rings. The van der Waals surface area contributed by atoms with E-state index in [-0.39, 0.29) is 18.5 Å². The highest BCUT2D eigenvalue weighted by atomic mass is 16.5. The average Bonchev–Trinajstić information content (AvgIpc) is 3.42. The van der Waals surface area contributed by atoms with Crippen molar-refractivity contribution in [3.63, 3.8) is 0 Å². The van der Waals surface area contributed by atoms with Crippen LogP contribution in [0.1, 0.15) is 373 Å². The molecule has 0 bridgehead atoms. The van der Waals surface area contributed by atoms with Gasteiger partial charge in [0.05, 0.1) is 25.4 Å². The maximum absolute atomic E-state index is 12.5. The number of amides is 1. The predicted octanol–water partition coefficient (Wildman–Crippen LogP) is 21.9. The van der Waals surface area contributed by atoms with Crippen molar-refractivity contribution in [3.8, 4) is 0 Å². The fourth-order valence-corrected chi connectivity index (χ4v) is 10.7. The van der Waals surface area contributed by atoms with Crippen molar-refractivity contribution in [1.29, 1.82) is 0 Å². The second kappa shape index (κ2) is 65.6. The molecule has 6 heteroatoms. The van der Waals surface area contributed by atoms with Gasteiger partial charge in [0.2, 0.25) is 5.91 Å². The smallest absolute Gasteiger partial charge is 0.305 e. The van der Waals surface area contributed by atoms with E-state index in [0.29, 0.717) is 19.4 Å². The summed E-state index contributed by atoms with van der Waals surface area (Å²) in [6, 6.07) is -0.637. The predicted molar refractivity (Wildman–Crippen MR) is 333 cm³/mol. The van der Waals surface area contributed by atoms with Gasteiger partial charge in [0.15, 0.2) is 0 Å². The number of carbonyl (C=O) groups is 2. The van der Waals surface area contributed by atoms with Gasteiger partial charge in [0.1, 0.15) is 0 Å². The minimum absolute atomic E-state index is 0.00660. The van der Waals surface area contributed by atoms with Crippen molar-refractivity contribution in [3.05, 3.63) is 36.5 Å². The van der Waals surface area contributed by atoms with Crippen molar-refractivity contribution in [1.82, 2.24) is 5.32 Å². The minimum Gasteiger partial charge on any atom is -0.466 e. The minimum atomic E-state index is -0.853. The number of aliphatic hydroxyl groups is 2. The van der Waals surface area contributed by atoms with Crippen molar-refractivity contribution in [2.24, 2.45) is 0 Å². The molecule has 0 aliphatic carbocycles. The van der Waals surface area contributed by atoms with Gasteiger partial charge in [-0.25, -0.2) is 0 Å². The Kier molecular flexibility index (Phi) is 63.9. The van der Waals surface area contributed by atoms with Crippen molar-refractivity contribution in [2.45, 2.75) is 386 Å². The Balaban J connectivity index is 3.48. The first-order chi connectivity index (χ1) is 37.5. The lowest BCUT2D eigenvalue weighted by atomic mass is 10.0. The normalized spacial score (nSPS) is 12.7. The molecule has 2 atom stereocenters. The van der Waals surface area contributed by atoms with Crippen LogP contribution in [0.2, 0.25) is 0 Å². The fraction of sp³-hybridized carbons (Fsp3) is 0.886. The van der Waals surface area contributed by atoms with Crippen molar-refractivity contribution >= 4 is 11.9 Å². The van der Waals surface area contributed by atoms with Gasteiger partial charge in [0, 0.05) is 12.8 Å². The Morgan fingerprint density at radius 3 is 1.00 bits per heavy atom. The molecule has 0 saturated heterocycles. The number of esters is 1. The molecule has 0 aromatic heterocycles. The molecule has 0 fully saturated rings. The largest absolute Gasteiger partial charge is 0.466 e. The molecule has 2 unspecified atom stereocenters. The summed E-state index contributed by atoms with van der Waals surface area (Å²) >= 11 is 0. The zero-order valence-electron chi connectivity index (χ0n) is 51.3. The Morgan fingerprint density at radius 1 is 0.368 bits per heavy atom. The molecule has 0 radical (unpaired) electrons. The molecule has 1 amide bonds. The lowest BCUT2D eigenvalue weighted by Crippen LogP contribution is -2.45. The zero-order valence-corrected chi connectivity index (χ0v) is 51.3. The van der Waals surface area contributed by atoms with Gasteiger partial charge >= 0.3 is 5.97 Å². The molecule has 0 spiro atoms. The molecule has 0 aromatic carbocycles. The number of unbranched alkanes of at least 4 members (excludes halogenated alkanes) is 49. The molecule has 0 aliphatic rings. The number of nitrogens with one attached hydrogen (secondary N) is 1. The van der Waals surface area contributed by atoms with Crippen LogP contribution in [0.4, 0.5) is 0 Å². The first-order valence-electron chi connectivity index (χ1n) is 34.3. The van der Waals surface area contributed by atoms with Gasteiger partial charge in [-0.15, -0.1) is 0 Å². The van der Waals surface area contributed by atoms with E-state index in [0.717, 1.165) is 57.8 Å². The molecule has 0 rings (SSSR count). The first-order valence-corrected chi connectivity index (χ1v) is 34.3. The highest BCUT2D eigenvalue weighted by Gasteiger charge is 2.18. The van der Waals surface area contributed by atoms with E-state index in [1.54, 1.807) is 6.08 Å². The monoisotopic (exact) mass is 1070 g/mol. The lowest BCUT2D eigenvalue weighted by Gasteiger charge is -2.20. The third kappa shape index (κ3) is 61.3. The molecular formula is C70H133NO5. The van der Waals surface area contributed by atoms with Crippen molar-refractivity contribution in [2.75, 3.05) is 13.2 Å². The number of ether oxygens (including phenoxy) is 1. The molecule has 3 N–H and O–H groups in total. The van der Waals surface area contributed by atoms with Gasteiger partial charge in [-0.1, -0.05) is 333 Å². The SMILES string of the molecule is CCCCCCCCCCCCCCCCCCCCCCCCC/C=C/C(O)C(CO)NC(=O)CCCCCCCCC/C=C\C/C=C\CCCCCCCCCCCOC(=O)CCCCCCCCCCCCC. The van der Waals surface area contributed by atoms with Gasteiger partial charge in [-0.2, -0.15) is 0 Å². The highest BCUT2D eigenvalue weighted by Crippen LogP contribution is 2.18. The summed E-state index contributed by atoms with van der Waals surface area (Å²) in [6.45, 7) is 4.92. The average molecular weight is 1070 g/mol. The summed E-state index contributed by atoms with van der Waals surface area (Å²) in [7, 11) is 0. The van der Waals surface area contributed by atoms with Crippen LogP contribution >= 0.6 is 0 Å². The number of allylic oxidation sites excluding steroid dienone is 5. The second-order valence-electron chi connectivity index (χ2n) is 23.5. The molecule has 448 valence electrons. The van der Waals surface area contributed by atoms with E-state index in [1.165, 1.54) is 289 Å². The topological polar surface area (TPSA) is 95.9 Å². The Morgan fingerprint density at radius 2 is 0.658 bits per heavy atom. The van der Waals surface area contributed by atoms with Gasteiger partial charge in [0.25, 0.3) is 0 Å². The van der Waals surface area contributed by atoms with Crippen LogP contribution in [0.3, 0.4) is 0 Å². The first kappa shape index (κ1) is 74.1. The van der Waals surface area contributed by atoms with Crippen LogP contribution in [0.5, 0.6) is 0 Å². The van der Waals surface area contributed by atoms with Gasteiger partial charge in [-0.3, -0.25) is 9.59 Å². The zero-order chi connectivity index (χ0) is 55.0. The fourth-order valence-electron chi connectivity index (χ4n) is 10.7. The van der Waals surface area contributed by atoms with Gasteiger partial charge < -0.3 is 20.3 Å². The molecule has 0 heterocycles. The van der Waals surface area contributed by atoms with E-state index in [2.05, 4.69) is 43.5 Å². The number of aliphatic hydroxyl groups excluding tert-OH is 2. The molecule has 76 heavy (non-hydrogen) atoms. The van der Waals surface area contributed by atoms with E-state index in [4.69, 9.17) is 4.74 Å². The van der Waals surface area contributed by atoms with Crippen LogP contribution in [0.25, 0.3) is 0 Å². The molecule has 0 saturated carbocycles. The van der Waals surface area contributed by atoms with E-state index < -0.39 is 12.1 Å². The summed E-state index contributed by atoms with van der Waals surface area (Å²) in [5.41, 5.74) is 0. The number of carbonyl (C=O) groups excluding carboxylic acids is 2. The quantitative estimate of drug-likeness (QED) is 0.0320. The van der Waals surface area contributed by atoms with E-state index >= 15 is 0 Å². The summed E-state index contributed by atoms with van der Waals surface area (Å²) in [5, 5.41) is 23.3. The number of rotatable bonds is 64. The second-order valence-corrected chi connectivity index (χ2v) is 23.5. The van der Waals surface area contributed by atoms with Gasteiger partial charge in [-0.05, 0) is 64.2 Å². The van der Waals surface area contributed by atoms with E-state index in [9.17, 15) is 19.8 Å². The van der Waals surface area contributed by atoms with Crippen molar-refractivity contribution < 1.29 is 24.5 Å². The summed E-state index contributed by atoms with van der Waals surface area (Å²) < 4.78 is 5.46. The Bertz CT molecular complexity index is 1230. The van der Waals surface area contributed by atoms with E-state index in [1.807, 2.05) is 6.08 Å². The third-order valence-corrected chi connectivity index (χ3v) is 15.9. The third-order valence-electron chi connectivity index (χ3n) is 15.9. The van der Waals surface area contributed by atoms with Crippen LogP contribution in [0.15, 0.2) is 36.5 Å². The lowest BCUT2D eigenvalue weighted by molar-refractivity contribution is -0.143. The number of hydrogen-bond acceptors (Lipinski definition) is 5. The Hall–Kier alpha value is -1.92. The molecule has 0 aliphatic heterocycles. The summed E-state index contributed by atoms with van der Waals surface area (Å²) in [4.78, 5) is 24.5.